The quantitative estimate of drug-likeness (QED) is 0.850. The number of carbonyl (C=O) groups excluding carboxylic acids is 1. The first kappa shape index (κ1) is 13.7. The molecule has 1 heterocycles. The molecule has 1 aliphatic heterocycles. The fraction of sp³-hybridized carbons (Fsp3) is 0.533. The van der Waals surface area contributed by atoms with Gasteiger partial charge in [0, 0.05) is 32.2 Å². The van der Waals surface area contributed by atoms with Crippen molar-refractivity contribution in [1.29, 1.82) is 0 Å². The summed E-state index contributed by atoms with van der Waals surface area (Å²) in [4.78, 5) is 16.4. The van der Waals surface area contributed by atoms with Gasteiger partial charge in [-0.15, -0.1) is 0 Å². The first-order valence-corrected chi connectivity index (χ1v) is 6.92. The molecule has 1 saturated heterocycles. The monoisotopic (exact) mass is 261 g/mol. The minimum Gasteiger partial charge on any atom is -0.397 e. The van der Waals surface area contributed by atoms with Gasteiger partial charge in [-0.05, 0) is 37.5 Å². The van der Waals surface area contributed by atoms with Crippen molar-refractivity contribution in [3.63, 3.8) is 0 Å². The van der Waals surface area contributed by atoms with Crippen LogP contribution in [0.3, 0.4) is 0 Å². The standard InChI is InChI=1S/C15H23N3O/c1-4-12-6-5-9-18(12)15(19)11-7-8-14(17(2)3)13(16)10-11/h7-8,10,12H,4-6,9,16H2,1-3H3. The average Bonchev–Trinajstić information content (AvgIpc) is 2.85. The van der Waals surface area contributed by atoms with Crippen molar-refractivity contribution in [3.05, 3.63) is 23.8 Å². The predicted octanol–water partition coefficient (Wildman–Crippen LogP) is 2.35. The van der Waals surface area contributed by atoms with E-state index in [2.05, 4.69) is 6.92 Å². The summed E-state index contributed by atoms with van der Waals surface area (Å²) >= 11 is 0. The summed E-state index contributed by atoms with van der Waals surface area (Å²) in [6.07, 6.45) is 3.25. The predicted molar refractivity (Wildman–Crippen MR) is 79.5 cm³/mol. The second-order valence-electron chi connectivity index (χ2n) is 5.37. The zero-order chi connectivity index (χ0) is 14.0. The molecular weight excluding hydrogens is 238 g/mol. The van der Waals surface area contributed by atoms with E-state index in [0.29, 0.717) is 17.3 Å². The van der Waals surface area contributed by atoms with Gasteiger partial charge in [-0.3, -0.25) is 4.79 Å². The highest BCUT2D eigenvalue weighted by molar-refractivity contribution is 5.96. The molecule has 1 aliphatic rings. The Kier molecular flexibility index (Phi) is 3.98. The maximum Gasteiger partial charge on any atom is 0.254 e. The van der Waals surface area contributed by atoms with Crippen LogP contribution in [0, 0.1) is 0 Å². The van der Waals surface area contributed by atoms with Crippen LogP contribution < -0.4 is 10.6 Å². The van der Waals surface area contributed by atoms with Gasteiger partial charge in [-0.2, -0.15) is 0 Å². The Balaban J connectivity index is 2.22. The fourth-order valence-corrected chi connectivity index (χ4v) is 2.79. The van der Waals surface area contributed by atoms with E-state index in [-0.39, 0.29) is 5.91 Å². The van der Waals surface area contributed by atoms with Crippen LogP contribution in [0.2, 0.25) is 0 Å². The lowest BCUT2D eigenvalue weighted by Gasteiger charge is -2.24. The van der Waals surface area contributed by atoms with Crippen molar-refractivity contribution in [2.45, 2.75) is 32.2 Å². The van der Waals surface area contributed by atoms with Crippen molar-refractivity contribution < 1.29 is 4.79 Å². The Hall–Kier alpha value is -1.71. The maximum absolute atomic E-state index is 12.5. The Bertz CT molecular complexity index is 470. The van der Waals surface area contributed by atoms with Gasteiger partial charge in [0.05, 0.1) is 11.4 Å². The van der Waals surface area contributed by atoms with Crippen molar-refractivity contribution in [2.24, 2.45) is 0 Å². The van der Waals surface area contributed by atoms with E-state index in [0.717, 1.165) is 31.5 Å². The van der Waals surface area contributed by atoms with Gasteiger partial charge in [0.2, 0.25) is 0 Å². The number of amides is 1. The molecule has 0 aromatic heterocycles. The lowest BCUT2D eigenvalue weighted by Crippen LogP contribution is -2.35. The number of nitrogens with two attached hydrogens (primary N) is 1. The summed E-state index contributed by atoms with van der Waals surface area (Å²) < 4.78 is 0. The number of hydrogen-bond acceptors (Lipinski definition) is 3. The molecule has 2 rings (SSSR count). The molecule has 1 fully saturated rings. The SMILES string of the molecule is CCC1CCCN1C(=O)c1ccc(N(C)C)c(N)c1. The van der Waals surface area contributed by atoms with Gasteiger partial charge in [-0.25, -0.2) is 0 Å². The summed E-state index contributed by atoms with van der Waals surface area (Å²) in [5, 5.41) is 0. The number of carbonyl (C=O) groups is 1. The molecule has 0 radical (unpaired) electrons. The topological polar surface area (TPSA) is 49.6 Å². The van der Waals surface area contributed by atoms with Crippen molar-refractivity contribution in [1.82, 2.24) is 4.90 Å². The molecule has 4 nitrogen and oxygen atoms in total. The summed E-state index contributed by atoms with van der Waals surface area (Å²) in [5.41, 5.74) is 8.32. The van der Waals surface area contributed by atoms with Crippen LogP contribution >= 0.6 is 0 Å². The Morgan fingerprint density at radius 3 is 2.79 bits per heavy atom. The second-order valence-corrected chi connectivity index (χ2v) is 5.37. The highest BCUT2D eigenvalue weighted by Crippen LogP contribution is 2.26. The molecule has 0 aliphatic carbocycles. The number of hydrogen-bond donors (Lipinski definition) is 1. The molecule has 0 spiro atoms. The van der Waals surface area contributed by atoms with Crippen LogP contribution in [-0.2, 0) is 0 Å². The molecule has 0 bridgehead atoms. The van der Waals surface area contributed by atoms with E-state index >= 15 is 0 Å². The Morgan fingerprint density at radius 2 is 2.21 bits per heavy atom. The van der Waals surface area contributed by atoms with Crippen molar-refractivity contribution in [3.8, 4) is 0 Å². The summed E-state index contributed by atoms with van der Waals surface area (Å²) in [5.74, 6) is 0.112. The van der Waals surface area contributed by atoms with Crippen LogP contribution in [-0.4, -0.2) is 37.5 Å². The van der Waals surface area contributed by atoms with Crippen LogP contribution in [0.25, 0.3) is 0 Å². The lowest BCUT2D eigenvalue weighted by atomic mass is 10.1. The molecule has 1 aromatic rings. The van der Waals surface area contributed by atoms with Gasteiger partial charge in [0.15, 0.2) is 0 Å². The minimum atomic E-state index is 0.112. The number of nitrogen functional groups attached to an aromatic ring is 1. The van der Waals surface area contributed by atoms with E-state index in [1.165, 1.54) is 0 Å². The molecule has 1 aromatic carbocycles. The van der Waals surface area contributed by atoms with Gasteiger partial charge >= 0.3 is 0 Å². The molecule has 1 amide bonds. The Morgan fingerprint density at radius 1 is 1.47 bits per heavy atom. The first-order valence-electron chi connectivity index (χ1n) is 6.92. The lowest BCUT2D eigenvalue weighted by molar-refractivity contribution is 0.0734. The third kappa shape index (κ3) is 2.67. The number of benzene rings is 1. The highest BCUT2D eigenvalue weighted by Gasteiger charge is 2.28. The van der Waals surface area contributed by atoms with Crippen LogP contribution in [0.5, 0.6) is 0 Å². The van der Waals surface area contributed by atoms with E-state index < -0.39 is 0 Å². The summed E-state index contributed by atoms with van der Waals surface area (Å²) in [7, 11) is 3.89. The number of rotatable bonds is 3. The fourth-order valence-electron chi connectivity index (χ4n) is 2.79. The van der Waals surface area contributed by atoms with Crippen molar-refractivity contribution >= 4 is 17.3 Å². The zero-order valence-corrected chi connectivity index (χ0v) is 12.0. The second kappa shape index (κ2) is 5.51. The molecular formula is C15H23N3O. The number of likely N-dealkylation sites (tertiary alicyclic amines) is 1. The van der Waals surface area contributed by atoms with E-state index in [4.69, 9.17) is 5.73 Å². The molecule has 0 saturated carbocycles. The summed E-state index contributed by atoms with van der Waals surface area (Å²) in [6, 6.07) is 5.98. The van der Waals surface area contributed by atoms with Gasteiger partial charge in [0.1, 0.15) is 0 Å². The normalized spacial score (nSPS) is 18.7. The maximum atomic E-state index is 12.5. The smallest absolute Gasteiger partial charge is 0.254 e. The minimum absolute atomic E-state index is 0.112. The molecule has 1 unspecified atom stereocenters. The number of anilines is 2. The Labute approximate surface area is 115 Å². The molecule has 104 valence electrons. The first-order chi connectivity index (χ1) is 9.04. The van der Waals surface area contributed by atoms with Crippen LogP contribution in [0.1, 0.15) is 36.5 Å². The summed E-state index contributed by atoms with van der Waals surface area (Å²) in [6.45, 7) is 3.01. The van der Waals surface area contributed by atoms with E-state index in [1.807, 2.05) is 36.0 Å². The molecule has 1 atom stereocenters. The average molecular weight is 261 g/mol. The molecule has 4 heteroatoms. The highest BCUT2D eigenvalue weighted by atomic mass is 16.2. The van der Waals surface area contributed by atoms with Crippen LogP contribution in [0.15, 0.2) is 18.2 Å². The zero-order valence-electron chi connectivity index (χ0n) is 12.0. The molecule has 2 N–H and O–H groups in total. The third-order valence-corrected chi connectivity index (χ3v) is 3.87. The molecule has 19 heavy (non-hydrogen) atoms. The number of nitrogens with zero attached hydrogens (tertiary/aromatic N) is 2. The van der Waals surface area contributed by atoms with Gasteiger partial charge in [-0.1, -0.05) is 6.92 Å². The van der Waals surface area contributed by atoms with Crippen molar-refractivity contribution in [2.75, 3.05) is 31.3 Å². The third-order valence-electron chi connectivity index (χ3n) is 3.87. The van der Waals surface area contributed by atoms with Gasteiger partial charge < -0.3 is 15.5 Å². The van der Waals surface area contributed by atoms with Crippen LogP contribution in [0.4, 0.5) is 11.4 Å². The van der Waals surface area contributed by atoms with E-state index in [9.17, 15) is 4.79 Å². The van der Waals surface area contributed by atoms with E-state index in [1.54, 1.807) is 6.07 Å². The van der Waals surface area contributed by atoms with Gasteiger partial charge in [0.25, 0.3) is 5.91 Å². The largest absolute Gasteiger partial charge is 0.397 e.